The Bertz CT molecular complexity index is 1070. The van der Waals surface area contributed by atoms with E-state index in [0.717, 1.165) is 18.7 Å². The van der Waals surface area contributed by atoms with E-state index in [0.29, 0.717) is 29.8 Å². The largest absolute Gasteiger partial charge is 0.370 e. The average molecular weight is 381 g/mol. The Hall–Kier alpha value is -2.83. The summed E-state index contributed by atoms with van der Waals surface area (Å²) >= 11 is 0. The number of nitrogens with zero attached hydrogens (tertiary/aromatic N) is 4. The lowest BCUT2D eigenvalue weighted by Crippen LogP contribution is -2.16. The zero-order chi connectivity index (χ0) is 19.8. The molecule has 4 rings (SSSR count). The van der Waals surface area contributed by atoms with Crippen LogP contribution in [0.1, 0.15) is 53.0 Å². The number of fused-ring (bicyclic) bond motifs is 2. The van der Waals surface area contributed by atoms with Crippen LogP contribution in [0.3, 0.4) is 0 Å². The van der Waals surface area contributed by atoms with Gasteiger partial charge in [0, 0.05) is 19.4 Å². The quantitative estimate of drug-likeness (QED) is 0.689. The Balaban J connectivity index is 1.78. The molecular formula is C21H24FN5O. The van der Waals surface area contributed by atoms with Crippen molar-refractivity contribution in [1.29, 1.82) is 0 Å². The maximum atomic E-state index is 13.8. The van der Waals surface area contributed by atoms with Crippen molar-refractivity contribution in [3.63, 3.8) is 0 Å². The number of halogens is 1. The first-order chi connectivity index (χ1) is 13.4. The lowest BCUT2D eigenvalue weighted by molar-refractivity contribution is -0.118. The molecular weight excluding hydrogens is 357 g/mol. The summed E-state index contributed by atoms with van der Waals surface area (Å²) in [4.78, 5) is 23.8. The van der Waals surface area contributed by atoms with Crippen LogP contribution >= 0.6 is 0 Å². The van der Waals surface area contributed by atoms with Crippen LogP contribution < -0.4 is 5.73 Å². The number of hydrogen-bond donors (Lipinski definition) is 1. The molecule has 3 aromatic rings. The van der Waals surface area contributed by atoms with Gasteiger partial charge in [-0.1, -0.05) is 12.1 Å². The van der Waals surface area contributed by atoms with Gasteiger partial charge in [-0.15, -0.1) is 0 Å². The monoisotopic (exact) mass is 381 g/mol. The summed E-state index contributed by atoms with van der Waals surface area (Å²) in [6.07, 6.45) is 4.67. The second kappa shape index (κ2) is 7.30. The topological polar surface area (TPSA) is 86.7 Å². The Morgan fingerprint density at radius 1 is 1.14 bits per heavy atom. The highest BCUT2D eigenvalue weighted by molar-refractivity contribution is 5.76. The van der Waals surface area contributed by atoms with Gasteiger partial charge in [-0.05, 0) is 61.8 Å². The molecule has 0 fully saturated rings. The second-order valence-corrected chi connectivity index (χ2v) is 7.58. The predicted molar refractivity (Wildman–Crippen MR) is 104 cm³/mol. The summed E-state index contributed by atoms with van der Waals surface area (Å²) in [7, 11) is 0. The van der Waals surface area contributed by atoms with E-state index in [1.54, 1.807) is 11.5 Å². The van der Waals surface area contributed by atoms with Gasteiger partial charge < -0.3 is 10.3 Å². The Kier molecular flexibility index (Phi) is 4.83. The molecule has 0 radical (unpaired) electrons. The van der Waals surface area contributed by atoms with Crippen molar-refractivity contribution in [1.82, 2.24) is 19.5 Å². The van der Waals surface area contributed by atoms with Gasteiger partial charge in [0.05, 0.1) is 5.69 Å². The second-order valence-electron chi connectivity index (χ2n) is 7.58. The molecule has 1 aliphatic rings. The highest BCUT2D eigenvalue weighted by Gasteiger charge is 2.19. The van der Waals surface area contributed by atoms with Crippen LogP contribution in [-0.4, -0.2) is 25.4 Å². The Labute approximate surface area is 163 Å². The fraction of sp³-hybridized carbons (Fsp3) is 0.429. The van der Waals surface area contributed by atoms with E-state index in [1.165, 1.54) is 35.1 Å². The van der Waals surface area contributed by atoms with Crippen LogP contribution in [0.4, 0.5) is 4.39 Å². The van der Waals surface area contributed by atoms with Gasteiger partial charge in [0.25, 0.3) is 0 Å². The van der Waals surface area contributed by atoms with Crippen molar-refractivity contribution >= 4 is 17.1 Å². The third-order valence-corrected chi connectivity index (χ3v) is 5.55. The highest BCUT2D eigenvalue weighted by atomic mass is 19.1. The normalized spacial score (nSPS) is 13.7. The van der Waals surface area contributed by atoms with Crippen LogP contribution in [0.25, 0.3) is 11.2 Å². The minimum atomic E-state index is -0.790. The highest BCUT2D eigenvalue weighted by Crippen LogP contribution is 2.27. The summed E-state index contributed by atoms with van der Waals surface area (Å²) in [6.45, 7) is 4.15. The van der Waals surface area contributed by atoms with Crippen LogP contribution in [0.15, 0.2) is 12.1 Å². The summed E-state index contributed by atoms with van der Waals surface area (Å²) in [5.41, 5.74) is 12.1. The molecule has 0 unspecified atom stereocenters. The molecule has 28 heavy (non-hydrogen) atoms. The van der Waals surface area contributed by atoms with E-state index in [2.05, 4.69) is 29.0 Å². The summed E-state index contributed by atoms with van der Waals surface area (Å²) in [5, 5.41) is 0. The maximum Gasteiger partial charge on any atom is 0.310 e. The lowest BCUT2D eigenvalue weighted by atomic mass is 9.87. The summed E-state index contributed by atoms with van der Waals surface area (Å²) in [6, 6.07) is 4.56. The zero-order valence-corrected chi connectivity index (χ0v) is 16.3. The van der Waals surface area contributed by atoms with Gasteiger partial charge in [0.15, 0.2) is 5.65 Å². The standard InChI is InChI=1S/C21H24FN5O/c1-12-9-14-5-3-4-6-15(14)10-16(12)11-18-25-19-13(2)24-21(22)26-20(19)27(18)8-7-17(23)28/h9-10H,3-8,11H2,1-2H3,(H2,23,28). The van der Waals surface area contributed by atoms with Crippen LogP contribution in [0.5, 0.6) is 0 Å². The van der Waals surface area contributed by atoms with E-state index in [9.17, 15) is 9.18 Å². The van der Waals surface area contributed by atoms with E-state index in [1.807, 2.05) is 0 Å². The molecule has 0 saturated heterocycles. The van der Waals surface area contributed by atoms with E-state index in [-0.39, 0.29) is 6.42 Å². The number of rotatable bonds is 5. The first-order valence-corrected chi connectivity index (χ1v) is 9.71. The van der Waals surface area contributed by atoms with Gasteiger partial charge in [0.2, 0.25) is 5.91 Å². The smallest absolute Gasteiger partial charge is 0.310 e. The van der Waals surface area contributed by atoms with Crippen LogP contribution in [0.2, 0.25) is 0 Å². The molecule has 6 nitrogen and oxygen atoms in total. The molecule has 2 aromatic heterocycles. The number of imidazole rings is 1. The number of primary amides is 1. The van der Waals surface area contributed by atoms with Gasteiger partial charge in [-0.3, -0.25) is 4.79 Å². The van der Waals surface area contributed by atoms with Crippen molar-refractivity contribution in [3.05, 3.63) is 52.0 Å². The number of carbonyl (C=O) groups is 1. The van der Waals surface area contributed by atoms with Crippen LogP contribution in [0, 0.1) is 19.9 Å². The van der Waals surface area contributed by atoms with E-state index in [4.69, 9.17) is 10.7 Å². The van der Waals surface area contributed by atoms with Gasteiger partial charge >= 0.3 is 6.08 Å². The summed E-state index contributed by atoms with van der Waals surface area (Å²) in [5.74, 6) is 0.335. The number of hydrogen-bond acceptors (Lipinski definition) is 4. The molecule has 2 heterocycles. The average Bonchev–Trinajstić information content (AvgIpc) is 2.98. The molecule has 0 bridgehead atoms. The number of amides is 1. The third kappa shape index (κ3) is 3.48. The molecule has 1 aliphatic carbocycles. The fourth-order valence-electron chi connectivity index (χ4n) is 4.06. The number of aryl methyl sites for hydroxylation is 5. The molecule has 0 saturated carbocycles. The molecule has 7 heteroatoms. The van der Waals surface area contributed by atoms with Crippen molar-refractivity contribution < 1.29 is 9.18 Å². The number of benzene rings is 1. The van der Waals surface area contributed by atoms with E-state index >= 15 is 0 Å². The first kappa shape index (κ1) is 18.5. The molecule has 1 aromatic carbocycles. The van der Waals surface area contributed by atoms with Crippen molar-refractivity contribution in [2.24, 2.45) is 5.73 Å². The van der Waals surface area contributed by atoms with Crippen LogP contribution in [-0.2, 0) is 30.6 Å². The molecule has 146 valence electrons. The summed E-state index contributed by atoms with van der Waals surface area (Å²) < 4.78 is 15.6. The number of carbonyl (C=O) groups excluding carboxylic acids is 1. The minimum Gasteiger partial charge on any atom is -0.370 e. The molecule has 0 spiro atoms. The fourth-order valence-corrected chi connectivity index (χ4v) is 4.06. The first-order valence-electron chi connectivity index (χ1n) is 9.71. The lowest BCUT2D eigenvalue weighted by Gasteiger charge is -2.19. The molecule has 2 N–H and O–H groups in total. The Morgan fingerprint density at radius 3 is 2.57 bits per heavy atom. The zero-order valence-electron chi connectivity index (χ0n) is 16.3. The molecule has 1 amide bonds. The third-order valence-electron chi connectivity index (χ3n) is 5.55. The molecule has 0 aliphatic heterocycles. The molecule has 0 atom stereocenters. The predicted octanol–water partition coefficient (Wildman–Crippen LogP) is 2.93. The maximum absolute atomic E-state index is 13.8. The Morgan fingerprint density at radius 2 is 1.86 bits per heavy atom. The van der Waals surface area contributed by atoms with Crippen molar-refractivity contribution in [3.8, 4) is 0 Å². The van der Waals surface area contributed by atoms with Gasteiger partial charge in [0.1, 0.15) is 11.3 Å². The number of nitrogens with two attached hydrogens (primary N) is 1. The van der Waals surface area contributed by atoms with E-state index < -0.39 is 12.0 Å². The van der Waals surface area contributed by atoms with Gasteiger partial charge in [-0.25, -0.2) is 9.97 Å². The van der Waals surface area contributed by atoms with Crippen molar-refractivity contribution in [2.45, 2.75) is 58.9 Å². The van der Waals surface area contributed by atoms with Crippen molar-refractivity contribution in [2.75, 3.05) is 0 Å². The SMILES string of the molecule is Cc1cc2c(cc1Cc1nc3c(C)nc(F)nc3n1CCC(N)=O)CCCC2. The minimum absolute atomic E-state index is 0.145. The van der Waals surface area contributed by atoms with Gasteiger partial charge in [-0.2, -0.15) is 9.37 Å². The number of aromatic nitrogens is 4.